The fourth-order valence-corrected chi connectivity index (χ4v) is 3.25. The van der Waals surface area contributed by atoms with E-state index in [1.807, 2.05) is 0 Å². The van der Waals surface area contributed by atoms with E-state index in [0.717, 1.165) is 0 Å². The Hall–Kier alpha value is -1.20. The van der Waals surface area contributed by atoms with Gasteiger partial charge in [-0.1, -0.05) is 0 Å². The summed E-state index contributed by atoms with van der Waals surface area (Å²) in [6.07, 6.45) is 0. The van der Waals surface area contributed by atoms with Crippen molar-refractivity contribution in [2.75, 3.05) is 0 Å². The van der Waals surface area contributed by atoms with Crippen LogP contribution in [0.15, 0.2) is 36.4 Å². The van der Waals surface area contributed by atoms with E-state index in [0.29, 0.717) is 0 Å². The van der Waals surface area contributed by atoms with E-state index in [9.17, 15) is 0 Å². The van der Waals surface area contributed by atoms with Crippen molar-refractivity contribution in [1.82, 2.24) is 0 Å². The molecule has 0 aliphatic carbocycles. The van der Waals surface area contributed by atoms with Gasteiger partial charge in [-0.05, 0) is 0 Å². The quantitative estimate of drug-likeness (QED) is 0.490. The van der Waals surface area contributed by atoms with E-state index in [1.165, 1.54) is 40.4 Å². The molecule has 1 aromatic heterocycles. The van der Waals surface area contributed by atoms with Crippen molar-refractivity contribution in [1.29, 1.82) is 0 Å². The second kappa shape index (κ2) is 3.68. The summed E-state index contributed by atoms with van der Waals surface area (Å²) >= 11 is 0. The Morgan fingerprint density at radius 3 is 2.38 bits per heavy atom. The summed E-state index contributed by atoms with van der Waals surface area (Å²) in [4.78, 5) is 0. The SMILES string of the molecule is Cc1ccc2c(bpc3cc(C)ccc32)c1. The summed E-state index contributed by atoms with van der Waals surface area (Å²) in [7, 11) is 1.32. The molecule has 2 heteroatoms. The summed E-state index contributed by atoms with van der Waals surface area (Å²) in [6, 6.07) is 13.4. The minimum atomic E-state index is 1.32. The van der Waals surface area contributed by atoms with Crippen molar-refractivity contribution in [2.24, 2.45) is 0 Å². The van der Waals surface area contributed by atoms with Crippen LogP contribution in [0, 0.1) is 13.8 Å². The first-order valence-electron chi connectivity index (χ1n) is 5.50. The fourth-order valence-electron chi connectivity index (χ4n) is 2.15. The van der Waals surface area contributed by atoms with Crippen LogP contribution >= 0.6 is 8.07 Å². The van der Waals surface area contributed by atoms with Crippen molar-refractivity contribution in [2.45, 2.75) is 13.8 Å². The third-order valence-corrected chi connectivity index (χ3v) is 4.05. The van der Waals surface area contributed by atoms with Crippen LogP contribution in [0.1, 0.15) is 11.1 Å². The molecule has 0 amide bonds. The van der Waals surface area contributed by atoms with E-state index in [4.69, 9.17) is 0 Å². The molecule has 76 valence electrons. The van der Waals surface area contributed by atoms with Crippen LogP contribution in [0.25, 0.3) is 21.2 Å². The molecule has 16 heavy (non-hydrogen) atoms. The molecule has 0 saturated heterocycles. The molecule has 2 aromatic carbocycles. The van der Waals surface area contributed by atoms with Crippen LogP contribution in [-0.2, 0) is 0 Å². The topological polar surface area (TPSA) is 0 Å². The van der Waals surface area contributed by atoms with E-state index in [1.54, 1.807) is 0 Å². The normalized spacial score (nSPS) is 11.4. The Morgan fingerprint density at radius 2 is 1.56 bits per heavy atom. The molecule has 0 N–H and O–H groups in total. The molecule has 0 bridgehead atoms. The standard InChI is InChI=1S/C14H12BP/c1-9-3-5-11-12-6-4-10(2)8-14(12)16-15-13(11)7-9/h3-8H,1-2H3. The molecule has 0 unspecified atom stereocenters. The first kappa shape index (κ1) is 9.99. The third kappa shape index (κ3) is 1.56. The average Bonchev–Trinajstić information content (AvgIpc) is 2.28. The average molecular weight is 222 g/mol. The van der Waals surface area contributed by atoms with Crippen LogP contribution in [0.4, 0.5) is 0 Å². The number of hydrogen-bond acceptors (Lipinski definition) is 0. The van der Waals surface area contributed by atoms with E-state index in [2.05, 4.69) is 56.9 Å². The second-order valence-corrected chi connectivity index (χ2v) is 5.37. The maximum atomic E-state index is 2.31. The van der Waals surface area contributed by atoms with Gasteiger partial charge in [-0.15, -0.1) is 0 Å². The molecule has 0 aliphatic heterocycles. The maximum absolute atomic E-state index is 2.31. The van der Waals surface area contributed by atoms with Gasteiger partial charge in [0.05, 0.1) is 0 Å². The second-order valence-electron chi connectivity index (χ2n) is 4.37. The summed E-state index contributed by atoms with van der Waals surface area (Å²) in [5.74, 6) is 0. The molecule has 0 aliphatic rings. The minimum absolute atomic E-state index is 1.32. The summed E-state index contributed by atoms with van der Waals surface area (Å²) in [5, 5.41) is 5.57. The fraction of sp³-hybridized carbons (Fsp3) is 0.143. The van der Waals surface area contributed by atoms with Crippen molar-refractivity contribution in [3.63, 3.8) is 0 Å². The molecular formula is C14H12BP. The van der Waals surface area contributed by atoms with Crippen LogP contribution in [0.5, 0.6) is 0 Å². The Balaban J connectivity index is 2.50. The van der Waals surface area contributed by atoms with Crippen LogP contribution in [-0.4, -0.2) is 6.62 Å². The van der Waals surface area contributed by atoms with Crippen LogP contribution in [0.2, 0.25) is 0 Å². The Morgan fingerprint density at radius 1 is 0.875 bits per heavy atom. The van der Waals surface area contributed by atoms with Gasteiger partial charge in [-0.25, -0.2) is 0 Å². The van der Waals surface area contributed by atoms with Crippen LogP contribution in [0.3, 0.4) is 0 Å². The number of aryl methyl sites for hydroxylation is 2. The van der Waals surface area contributed by atoms with E-state index < -0.39 is 0 Å². The molecule has 0 radical (unpaired) electrons. The zero-order valence-corrected chi connectivity index (χ0v) is 10.4. The van der Waals surface area contributed by atoms with Gasteiger partial charge in [0.25, 0.3) is 0 Å². The zero-order chi connectivity index (χ0) is 11.1. The van der Waals surface area contributed by atoms with Crippen LogP contribution < -0.4 is 0 Å². The predicted octanol–water partition coefficient (Wildman–Crippen LogP) is 4.53. The molecule has 0 fully saturated rings. The summed E-state index contributed by atoms with van der Waals surface area (Å²) < 4.78 is 0. The van der Waals surface area contributed by atoms with Gasteiger partial charge in [-0.2, -0.15) is 0 Å². The Kier molecular flexibility index (Phi) is 2.30. The van der Waals surface area contributed by atoms with Gasteiger partial charge < -0.3 is 0 Å². The monoisotopic (exact) mass is 222 g/mol. The van der Waals surface area contributed by atoms with E-state index in [-0.39, 0.29) is 0 Å². The number of fused-ring (bicyclic) bond motifs is 3. The molecule has 3 aromatic rings. The number of benzene rings is 2. The molecule has 0 saturated carbocycles. The van der Waals surface area contributed by atoms with E-state index >= 15 is 0 Å². The number of rotatable bonds is 0. The van der Waals surface area contributed by atoms with Crippen molar-refractivity contribution in [3.8, 4) is 0 Å². The first-order valence-corrected chi connectivity index (χ1v) is 6.46. The Bertz CT molecular complexity index is 628. The molecule has 0 atom stereocenters. The van der Waals surface area contributed by atoms with Gasteiger partial charge in [0.1, 0.15) is 0 Å². The number of hydrogen-bond donors (Lipinski definition) is 0. The molecule has 0 nitrogen and oxygen atoms in total. The first-order chi connectivity index (χ1) is 7.74. The summed E-state index contributed by atoms with van der Waals surface area (Å²) in [5.41, 5.74) is 2.68. The Labute approximate surface area is 97.6 Å². The third-order valence-electron chi connectivity index (χ3n) is 2.99. The molecule has 1 heterocycles. The summed E-state index contributed by atoms with van der Waals surface area (Å²) in [6.45, 7) is 6.61. The van der Waals surface area contributed by atoms with Crippen molar-refractivity contribution < 1.29 is 0 Å². The molecular weight excluding hydrogens is 210 g/mol. The molecule has 0 spiro atoms. The van der Waals surface area contributed by atoms with Gasteiger partial charge in [-0.3, -0.25) is 0 Å². The van der Waals surface area contributed by atoms with Gasteiger partial charge in [0.2, 0.25) is 0 Å². The van der Waals surface area contributed by atoms with Gasteiger partial charge in [0, 0.05) is 0 Å². The van der Waals surface area contributed by atoms with Gasteiger partial charge >= 0.3 is 97.2 Å². The predicted molar refractivity (Wildman–Crippen MR) is 74.8 cm³/mol. The zero-order valence-electron chi connectivity index (χ0n) is 9.49. The molecule has 3 rings (SSSR count). The van der Waals surface area contributed by atoms with Crippen molar-refractivity contribution in [3.05, 3.63) is 47.5 Å². The van der Waals surface area contributed by atoms with Gasteiger partial charge in [0.15, 0.2) is 0 Å². The van der Waals surface area contributed by atoms with Crippen molar-refractivity contribution >= 4 is 35.9 Å².